The van der Waals surface area contributed by atoms with E-state index in [1.54, 1.807) is 18.2 Å². The molecule has 0 fully saturated rings. The van der Waals surface area contributed by atoms with Crippen LogP contribution in [0.15, 0.2) is 54.6 Å². The molecule has 3 N–H and O–H groups in total. The van der Waals surface area contributed by atoms with Crippen LogP contribution in [0.4, 0.5) is 0 Å². The van der Waals surface area contributed by atoms with E-state index in [0.29, 0.717) is 18.4 Å². The summed E-state index contributed by atoms with van der Waals surface area (Å²) in [5.74, 6) is -0.446. The third-order valence-electron chi connectivity index (χ3n) is 3.65. The highest BCUT2D eigenvalue weighted by Crippen LogP contribution is 2.32. The van der Waals surface area contributed by atoms with E-state index >= 15 is 0 Å². The van der Waals surface area contributed by atoms with Crippen molar-refractivity contribution in [2.45, 2.75) is 19.8 Å². The van der Waals surface area contributed by atoms with Gasteiger partial charge in [0.1, 0.15) is 17.2 Å². The Morgan fingerprint density at radius 3 is 2.38 bits per heavy atom. The second kappa shape index (κ2) is 7.51. The lowest BCUT2D eigenvalue weighted by molar-refractivity contribution is 0.104. The Kier molecular flexibility index (Phi) is 5.42. The van der Waals surface area contributed by atoms with Gasteiger partial charge in [-0.05, 0) is 55.7 Å². The molecule has 0 radical (unpaired) electrons. The lowest BCUT2D eigenvalue weighted by Gasteiger charge is -2.10. The van der Waals surface area contributed by atoms with Gasteiger partial charge in [0.15, 0.2) is 5.78 Å². The van der Waals surface area contributed by atoms with E-state index in [-0.39, 0.29) is 28.6 Å². The van der Waals surface area contributed by atoms with Crippen LogP contribution >= 0.6 is 0 Å². The minimum Gasteiger partial charge on any atom is -0.508 e. The molecule has 0 amide bonds. The van der Waals surface area contributed by atoms with Crippen LogP contribution < -0.4 is 0 Å². The predicted octanol–water partition coefficient (Wildman–Crippen LogP) is 4.21. The fraction of sp³-hybridized carbons (Fsp3) is 0.150. The third-order valence-corrected chi connectivity index (χ3v) is 3.65. The Balaban J connectivity index is 2.24. The number of aromatic hydroxyl groups is 3. The number of phenols is 3. The van der Waals surface area contributed by atoms with Gasteiger partial charge in [0, 0.05) is 5.56 Å². The Morgan fingerprint density at radius 1 is 1.08 bits per heavy atom. The summed E-state index contributed by atoms with van der Waals surface area (Å²) in [5.41, 5.74) is 2.17. The summed E-state index contributed by atoms with van der Waals surface area (Å²) in [7, 11) is 0. The molecule has 0 heterocycles. The number of rotatable bonds is 6. The smallest absolute Gasteiger partial charge is 0.189 e. The standard InChI is InChI=1S/C20H20O4/c1-13(2)3-9-16-19(23)12-10-17(20(16)24)18(22)11-6-14-4-7-15(21)8-5-14/h4-8,10-12,21,23-24H,1,3,9H2,2H3/b11-6+. The molecule has 2 rings (SSSR count). The van der Waals surface area contributed by atoms with Crippen molar-refractivity contribution in [3.8, 4) is 17.2 Å². The molecule has 0 bridgehead atoms. The molecule has 0 aromatic heterocycles. The van der Waals surface area contributed by atoms with E-state index < -0.39 is 0 Å². The number of hydrogen-bond acceptors (Lipinski definition) is 4. The lowest BCUT2D eigenvalue weighted by Crippen LogP contribution is -1.99. The minimum atomic E-state index is -0.364. The van der Waals surface area contributed by atoms with Gasteiger partial charge in [-0.25, -0.2) is 0 Å². The normalized spacial score (nSPS) is 10.9. The summed E-state index contributed by atoms with van der Waals surface area (Å²) in [5, 5.41) is 29.5. The van der Waals surface area contributed by atoms with Crippen LogP contribution in [0.2, 0.25) is 0 Å². The first-order valence-corrected chi connectivity index (χ1v) is 7.58. The van der Waals surface area contributed by atoms with E-state index in [2.05, 4.69) is 6.58 Å². The number of phenolic OH excluding ortho intramolecular Hbond substituents is 3. The second-order valence-corrected chi connectivity index (χ2v) is 5.71. The van der Waals surface area contributed by atoms with Crippen molar-refractivity contribution in [1.29, 1.82) is 0 Å². The highest BCUT2D eigenvalue weighted by molar-refractivity contribution is 6.09. The lowest BCUT2D eigenvalue weighted by atomic mass is 9.99. The summed E-state index contributed by atoms with van der Waals surface area (Å²) < 4.78 is 0. The van der Waals surface area contributed by atoms with Crippen LogP contribution in [-0.2, 0) is 6.42 Å². The highest BCUT2D eigenvalue weighted by Gasteiger charge is 2.16. The SMILES string of the molecule is C=C(C)CCc1c(O)ccc(C(=O)/C=C/c2ccc(O)cc2)c1O. The number of ketones is 1. The Hall–Kier alpha value is -3.01. The van der Waals surface area contributed by atoms with Gasteiger partial charge in [-0.3, -0.25) is 4.79 Å². The summed E-state index contributed by atoms with van der Waals surface area (Å²) in [6.45, 7) is 5.66. The van der Waals surface area contributed by atoms with Gasteiger partial charge >= 0.3 is 0 Å². The Labute approximate surface area is 141 Å². The molecule has 2 aromatic rings. The van der Waals surface area contributed by atoms with E-state index in [1.807, 2.05) is 6.92 Å². The number of hydrogen-bond donors (Lipinski definition) is 3. The van der Waals surface area contributed by atoms with Gasteiger partial charge in [-0.15, -0.1) is 6.58 Å². The fourth-order valence-corrected chi connectivity index (χ4v) is 2.26. The first-order chi connectivity index (χ1) is 11.4. The molecule has 0 spiro atoms. The molecule has 124 valence electrons. The van der Waals surface area contributed by atoms with Crippen molar-refractivity contribution < 1.29 is 20.1 Å². The van der Waals surface area contributed by atoms with Gasteiger partial charge in [0.05, 0.1) is 5.56 Å². The molecule has 0 aliphatic carbocycles. The van der Waals surface area contributed by atoms with Gasteiger partial charge in [0.2, 0.25) is 0 Å². The zero-order chi connectivity index (χ0) is 17.7. The Morgan fingerprint density at radius 2 is 1.75 bits per heavy atom. The number of carbonyl (C=O) groups excluding carboxylic acids is 1. The fourth-order valence-electron chi connectivity index (χ4n) is 2.26. The molecule has 0 aliphatic rings. The van der Waals surface area contributed by atoms with E-state index in [1.165, 1.54) is 30.3 Å². The molecule has 0 saturated heterocycles. The van der Waals surface area contributed by atoms with Gasteiger partial charge < -0.3 is 15.3 Å². The van der Waals surface area contributed by atoms with Crippen molar-refractivity contribution in [1.82, 2.24) is 0 Å². The summed E-state index contributed by atoms with van der Waals surface area (Å²) in [6, 6.07) is 9.21. The van der Waals surface area contributed by atoms with Crippen molar-refractivity contribution in [3.05, 3.63) is 71.3 Å². The van der Waals surface area contributed by atoms with E-state index in [9.17, 15) is 20.1 Å². The molecule has 24 heavy (non-hydrogen) atoms. The highest BCUT2D eigenvalue weighted by atomic mass is 16.3. The minimum absolute atomic E-state index is 0.0344. The zero-order valence-electron chi connectivity index (χ0n) is 13.5. The molecule has 0 aliphatic heterocycles. The first-order valence-electron chi connectivity index (χ1n) is 7.58. The number of carbonyl (C=O) groups is 1. The van der Waals surface area contributed by atoms with Crippen molar-refractivity contribution >= 4 is 11.9 Å². The largest absolute Gasteiger partial charge is 0.508 e. The summed E-state index contributed by atoms with van der Waals surface area (Å²) >= 11 is 0. The maximum Gasteiger partial charge on any atom is 0.189 e. The Bertz CT molecular complexity index is 786. The molecule has 0 saturated carbocycles. The van der Waals surface area contributed by atoms with Gasteiger partial charge in [-0.2, -0.15) is 0 Å². The average Bonchev–Trinajstić information content (AvgIpc) is 2.53. The maximum atomic E-state index is 12.3. The van der Waals surface area contributed by atoms with E-state index in [4.69, 9.17) is 0 Å². The third kappa shape index (κ3) is 4.26. The first kappa shape index (κ1) is 17.3. The van der Waals surface area contributed by atoms with Crippen molar-refractivity contribution in [3.63, 3.8) is 0 Å². The van der Waals surface area contributed by atoms with Gasteiger partial charge in [0.25, 0.3) is 0 Å². The predicted molar refractivity (Wildman–Crippen MR) is 94.4 cm³/mol. The van der Waals surface area contributed by atoms with Gasteiger partial charge in [-0.1, -0.05) is 23.8 Å². The average molecular weight is 324 g/mol. The summed E-state index contributed by atoms with van der Waals surface area (Å²) in [4.78, 5) is 12.3. The van der Waals surface area contributed by atoms with Crippen LogP contribution in [0.1, 0.15) is 34.8 Å². The molecule has 0 unspecified atom stereocenters. The molecular weight excluding hydrogens is 304 g/mol. The van der Waals surface area contributed by atoms with Crippen LogP contribution in [-0.4, -0.2) is 21.1 Å². The van der Waals surface area contributed by atoms with Crippen LogP contribution in [0.5, 0.6) is 17.2 Å². The van der Waals surface area contributed by atoms with Crippen molar-refractivity contribution in [2.24, 2.45) is 0 Å². The van der Waals surface area contributed by atoms with Crippen LogP contribution in [0.3, 0.4) is 0 Å². The monoisotopic (exact) mass is 324 g/mol. The van der Waals surface area contributed by atoms with E-state index in [0.717, 1.165) is 11.1 Å². The van der Waals surface area contributed by atoms with Crippen LogP contribution in [0.25, 0.3) is 6.08 Å². The van der Waals surface area contributed by atoms with Crippen LogP contribution in [0, 0.1) is 0 Å². The molecular formula is C20H20O4. The molecule has 4 nitrogen and oxygen atoms in total. The second-order valence-electron chi connectivity index (χ2n) is 5.71. The summed E-state index contributed by atoms with van der Waals surface area (Å²) in [6.07, 6.45) is 3.97. The number of benzene rings is 2. The molecule has 4 heteroatoms. The van der Waals surface area contributed by atoms with Crippen molar-refractivity contribution in [2.75, 3.05) is 0 Å². The maximum absolute atomic E-state index is 12.3. The zero-order valence-corrected chi connectivity index (χ0v) is 13.5. The number of allylic oxidation sites excluding steroid dienone is 2. The topological polar surface area (TPSA) is 77.8 Å². The molecule has 2 aromatic carbocycles. The quantitative estimate of drug-likeness (QED) is 0.422. The molecule has 0 atom stereocenters.